The van der Waals surface area contributed by atoms with Gasteiger partial charge in [0, 0.05) is 17.9 Å². The number of hydrogen-bond acceptors (Lipinski definition) is 2. The Hall–Kier alpha value is -3.32. The first kappa shape index (κ1) is 17.5. The molecule has 2 N–H and O–H groups in total. The average molecular weight is 343 g/mol. The van der Waals surface area contributed by atoms with Crippen LogP contribution in [0, 0.1) is 25.2 Å². The molecule has 1 aromatic heterocycles. The van der Waals surface area contributed by atoms with Gasteiger partial charge in [-0.25, -0.2) is 0 Å². The van der Waals surface area contributed by atoms with Crippen LogP contribution in [0.5, 0.6) is 0 Å². The molecule has 0 aliphatic carbocycles. The molecule has 0 fully saturated rings. The Kier molecular flexibility index (Phi) is 4.90. The molecule has 0 saturated heterocycles. The van der Waals surface area contributed by atoms with Gasteiger partial charge < -0.3 is 10.3 Å². The van der Waals surface area contributed by atoms with Crippen LogP contribution in [-0.4, -0.2) is 10.5 Å². The van der Waals surface area contributed by atoms with E-state index in [-0.39, 0.29) is 0 Å². The number of nitriles is 1. The number of nitrogens with zero attached hydrogens (tertiary/aromatic N) is 2. The summed E-state index contributed by atoms with van der Waals surface area (Å²) in [7, 11) is 0. The molecule has 0 unspecified atom stereocenters. The molecule has 4 nitrogen and oxygen atoms in total. The Morgan fingerprint density at radius 1 is 1.08 bits per heavy atom. The van der Waals surface area contributed by atoms with Crippen LogP contribution in [0.4, 0.5) is 0 Å². The van der Waals surface area contributed by atoms with Crippen molar-refractivity contribution in [2.75, 3.05) is 0 Å². The predicted molar refractivity (Wildman–Crippen MR) is 103 cm³/mol. The summed E-state index contributed by atoms with van der Waals surface area (Å²) in [6.45, 7) is 4.74. The first-order chi connectivity index (χ1) is 12.5. The van der Waals surface area contributed by atoms with Gasteiger partial charge in [0.2, 0.25) is 0 Å². The Bertz CT molecular complexity index is 974. The third-order valence-corrected chi connectivity index (χ3v) is 4.69. The van der Waals surface area contributed by atoms with Gasteiger partial charge in [-0.15, -0.1) is 0 Å². The zero-order valence-electron chi connectivity index (χ0n) is 15.0. The minimum absolute atomic E-state index is 0.425. The van der Waals surface area contributed by atoms with Crippen molar-refractivity contribution in [1.82, 2.24) is 4.57 Å². The lowest BCUT2D eigenvalue weighted by Gasteiger charge is -2.12. The third kappa shape index (κ3) is 3.52. The maximum atomic E-state index is 11.8. The van der Waals surface area contributed by atoms with Gasteiger partial charge in [0.25, 0.3) is 5.91 Å². The second-order valence-electron chi connectivity index (χ2n) is 6.47. The van der Waals surface area contributed by atoms with Crippen LogP contribution >= 0.6 is 0 Å². The zero-order valence-corrected chi connectivity index (χ0v) is 15.0. The number of nitrogens with two attached hydrogens (primary N) is 1. The maximum Gasteiger partial charge on any atom is 0.250 e. The number of amides is 1. The van der Waals surface area contributed by atoms with Gasteiger partial charge in [-0.3, -0.25) is 4.79 Å². The van der Waals surface area contributed by atoms with Crippen molar-refractivity contribution in [3.05, 3.63) is 82.5 Å². The Labute approximate surface area is 153 Å². The van der Waals surface area contributed by atoms with Gasteiger partial charge in [0.15, 0.2) is 0 Å². The number of hydrogen-bond donors (Lipinski definition) is 1. The summed E-state index contributed by atoms with van der Waals surface area (Å²) >= 11 is 0. The number of primary amides is 1. The van der Waals surface area contributed by atoms with Gasteiger partial charge >= 0.3 is 0 Å². The van der Waals surface area contributed by atoms with Crippen LogP contribution in [0.3, 0.4) is 0 Å². The summed E-state index contributed by atoms with van der Waals surface area (Å²) in [4.78, 5) is 11.8. The zero-order chi connectivity index (χ0) is 18.7. The first-order valence-corrected chi connectivity index (χ1v) is 8.55. The molecule has 2 aromatic carbocycles. The van der Waals surface area contributed by atoms with Crippen molar-refractivity contribution < 1.29 is 4.79 Å². The summed E-state index contributed by atoms with van der Waals surface area (Å²) in [6, 6.07) is 19.8. The molecule has 4 heteroatoms. The lowest BCUT2D eigenvalue weighted by molar-refractivity contribution is 0.0999. The summed E-state index contributed by atoms with van der Waals surface area (Å²) in [5, 5.41) is 8.99. The number of carbonyl (C=O) groups excluding carboxylic acids is 1. The van der Waals surface area contributed by atoms with Crippen LogP contribution in [0.15, 0.2) is 54.6 Å². The second kappa shape index (κ2) is 7.28. The molecule has 0 aliphatic rings. The number of rotatable bonds is 5. The molecule has 0 aliphatic heterocycles. The van der Waals surface area contributed by atoms with Crippen LogP contribution in [0.2, 0.25) is 0 Å². The molecule has 1 heterocycles. The normalized spacial score (nSPS) is 10.5. The highest BCUT2D eigenvalue weighted by Gasteiger charge is 2.16. The van der Waals surface area contributed by atoms with Crippen molar-refractivity contribution in [3.63, 3.8) is 0 Å². The van der Waals surface area contributed by atoms with E-state index in [9.17, 15) is 4.79 Å². The van der Waals surface area contributed by atoms with Crippen molar-refractivity contribution in [1.29, 1.82) is 5.26 Å². The van der Waals surface area contributed by atoms with Crippen LogP contribution in [0.25, 0.3) is 11.3 Å². The van der Waals surface area contributed by atoms with E-state index in [0.717, 1.165) is 29.9 Å². The van der Waals surface area contributed by atoms with E-state index < -0.39 is 5.91 Å². The van der Waals surface area contributed by atoms with Crippen LogP contribution in [0.1, 0.15) is 32.7 Å². The molecule has 0 bridgehead atoms. The van der Waals surface area contributed by atoms with Gasteiger partial charge in [-0.2, -0.15) is 5.26 Å². The number of aryl methyl sites for hydroxylation is 2. The molecule has 1 amide bonds. The minimum Gasteiger partial charge on any atom is -0.366 e. The SMILES string of the molecule is Cc1ccc(CCn2c(-c3ccc(C#N)cc3)cc(C(N)=O)c2C)cc1. The fraction of sp³-hybridized carbons (Fsp3) is 0.182. The van der Waals surface area contributed by atoms with Gasteiger partial charge in [0.05, 0.1) is 17.2 Å². The quantitative estimate of drug-likeness (QED) is 0.761. The van der Waals surface area contributed by atoms with E-state index in [2.05, 4.69) is 41.8 Å². The highest BCUT2D eigenvalue weighted by molar-refractivity contribution is 5.95. The molecular weight excluding hydrogens is 322 g/mol. The van der Waals surface area contributed by atoms with Crippen LogP contribution < -0.4 is 5.73 Å². The number of aromatic nitrogens is 1. The third-order valence-electron chi connectivity index (χ3n) is 4.69. The topological polar surface area (TPSA) is 71.8 Å². The highest BCUT2D eigenvalue weighted by atomic mass is 16.1. The average Bonchev–Trinajstić information content (AvgIpc) is 2.98. The number of carbonyl (C=O) groups is 1. The van der Waals surface area contributed by atoms with Crippen molar-refractivity contribution in [2.24, 2.45) is 5.73 Å². The molecule has 3 aromatic rings. The molecule has 130 valence electrons. The summed E-state index contributed by atoms with van der Waals surface area (Å²) in [5.74, 6) is -0.425. The number of benzene rings is 2. The second-order valence-corrected chi connectivity index (χ2v) is 6.47. The molecule has 26 heavy (non-hydrogen) atoms. The van der Waals surface area contributed by atoms with E-state index in [1.54, 1.807) is 12.1 Å². The van der Waals surface area contributed by atoms with Crippen molar-refractivity contribution in [3.8, 4) is 17.3 Å². The van der Waals surface area contributed by atoms with E-state index in [1.165, 1.54) is 11.1 Å². The lowest BCUT2D eigenvalue weighted by Crippen LogP contribution is -2.13. The standard InChI is InChI=1S/C22H21N3O/c1-15-3-5-17(6-4-15)11-12-25-16(2)20(22(24)26)13-21(25)19-9-7-18(14-23)8-10-19/h3-10,13H,11-12H2,1-2H3,(H2,24,26). The fourth-order valence-electron chi connectivity index (χ4n) is 3.13. The first-order valence-electron chi connectivity index (χ1n) is 8.55. The molecule has 3 rings (SSSR count). The summed E-state index contributed by atoms with van der Waals surface area (Å²) < 4.78 is 2.13. The Balaban J connectivity index is 1.97. The Morgan fingerprint density at radius 3 is 2.31 bits per heavy atom. The van der Waals surface area contributed by atoms with Gasteiger partial charge in [-0.05, 0) is 49.6 Å². The molecule has 0 radical (unpaired) electrons. The van der Waals surface area contributed by atoms with Gasteiger partial charge in [-0.1, -0.05) is 42.0 Å². The predicted octanol–water partition coefficient (Wildman–Crippen LogP) is 3.99. The maximum absolute atomic E-state index is 11.8. The largest absolute Gasteiger partial charge is 0.366 e. The van der Waals surface area contributed by atoms with Gasteiger partial charge in [0.1, 0.15) is 0 Å². The van der Waals surface area contributed by atoms with Crippen molar-refractivity contribution >= 4 is 5.91 Å². The van der Waals surface area contributed by atoms with E-state index in [1.807, 2.05) is 25.1 Å². The summed E-state index contributed by atoms with van der Waals surface area (Å²) in [6.07, 6.45) is 0.858. The van der Waals surface area contributed by atoms with E-state index >= 15 is 0 Å². The van der Waals surface area contributed by atoms with E-state index in [0.29, 0.717) is 11.1 Å². The van der Waals surface area contributed by atoms with Crippen LogP contribution in [-0.2, 0) is 13.0 Å². The van der Waals surface area contributed by atoms with Crippen molar-refractivity contribution in [2.45, 2.75) is 26.8 Å². The Morgan fingerprint density at radius 2 is 1.73 bits per heavy atom. The molecule has 0 atom stereocenters. The van der Waals surface area contributed by atoms with E-state index in [4.69, 9.17) is 11.0 Å². The lowest BCUT2D eigenvalue weighted by atomic mass is 10.1. The molecular formula is C22H21N3O. The molecule has 0 saturated carbocycles. The highest BCUT2D eigenvalue weighted by Crippen LogP contribution is 2.26. The minimum atomic E-state index is -0.425. The smallest absolute Gasteiger partial charge is 0.250 e. The molecule has 0 spiro atoms. The monoisotopic (exact) mass is 343 g/mol. The summed E-state index contributed by atoms with van der Waals surface area (Å²) in [5.41, 5.74) is 11.9. The fourth-order valence-corrected chi connectivity index (χ4v) is 3.13.